The highest BCUT2D eigenvalue weighted by Gasteiger charge is 2.20. The molecule has 134 valence electrons. The molecule has 8 heteroatoms. The van der Waals surface area contributed by atoms with Gasteiger partial charge in [0.1, 0.15) is 0 Å². The van der Waals surface area contributed by atoms with E-state index >= 15 is 0 Å². The van der Waals surface area contributed by atoms with Crippen LogP contribution in [0.2, 0.25) is 5.02 Å². The summed E-state index contributed by atoms with van der Waals surface area (Å²) in [7, 11) is 0. The Morgan fingerprint density at radius 3 is 2.80 bits per heavy atom. The zero-order valence-corrected chi connectivity index (χ0v) is 15.9. The third-order valence-electron chi connectivity index (χ3n) is 3.93. The number of hydrogen-bond donors (Lipinski definition) is 1. The average molecular weight is 381 g/mol. The summed E-state index contributed by atoms with van der Waals surface area (Å²) in [5, 5.41) is 11.9. The second kappa shape index (κ2) is 8.10. The van der Waals surface area contributed by atoms with Crippen LogP contribution < -0.4 is 10.2 Å². The van der Waals surface area contributed by atoms with E-state index in [2.05, 4.69) is 20.4 Å². The van der Waals surface area contributed by atoms with E-state index in [4.69, 9.17) is 16.0 Å². The van der Waals surface area contributed by atoms with Gasteiger partial charge in [-0.1, -0.05) is 43.3 Å². The van der Waals surface area contributed by atoms with Crippen LogP contribution in [0.3, 0.4) is 0 Å². The van der Waals surface area contributed by atoms with Crippen molar-refractivity contribution in [2.24, 2.45) is 0 Å². The van der Waals surface area contributed by atoms with Crippen LogP contribution in [0.25, 0.3) is 0 Å². The maximum atomic E-state index is 12.3. The Bertz CT molecular complexity index is 744. The van der Waals surface area contributed by atoms with Gasteiger partial charge >= 0.3 is 0 Å². The summed E-state index contributed by atoms with van der Waals surface area (Å²) in [6.45, 7) is 5.88. The molecule has 0 unspecified atom stereocenters. The summed E-state index contributed by atoms with van der Waals surface area (Å²) in [4.78, 5) is 14.5. The van der Waals surface area contributed by atoms with Crippen LogP contribution in [0.15, 0.2) is 27.8 Å². The van der Waals surface area contributed by atoms with E-state index < -0.39 is 0 Å². The number of hydrogen-bond acceptors (Lipinski definition) is 6. The van der Waals surface area contributed by atoms with E-state index in [9.17, 15) is 4.79 Å². The number of aromatic nitrogens is 2. The van der Waals surface area contributed by atoms with Crippen molar-refractivity contribution >= 4 is 40.6 Å². The third kappa shape index (κ3) is 4.46. The van der Waals surface area contributed by atoms with Crippen molar-refractivity contribution in [3.05, 3.63) is 29.1 Å². The Morgan fingerprint density at radius 2 is 2.12 bits per heavy atom. The first-order valence-electron chi connectivity index (χ1n) is 8.34. The second-order valence-corrected chi connectivity index (χ2v) is 7.56. The summed E-state index contributed by atoms with van der Waals surface area (Å²) in [6, 6.07) is 5.58. The van der Waals surface area contributed by atoms with Crippen molar-refractivity contribution < 1.29 is 9.21 Å². The molecule has 25 heavy (non-hydrogen) atoms. The Balaban J connectivity index is 1.63. The van der Waals surface area contributed by atoms with E-state index in [1.165, 1.54) is 11.8 Å². The summed E-state index contributed by atoms with van der Waals surface area (Å²) < 4.78 is 5.50. The predicted molar refractivity (Wildman–Crippen MR) is 101 cm³/mol. The Labute approximate surface area is 156 Å². The van der Waals surface area contributed by atoms with Gasteiger partial charge in [-0.3, -0.25) is 4.79 Å². The highest BCUT2D eigenvalue weighted by Crippen LogP contribution is 2.36. The zero-order chi connectivity index (χ0) is 17.8. The van der Waals surface area contributed by atoms with Crippen molar-refractivity contribution in [3.8, 4) is 0 Å². The van der Waals surface area contributed by atoms with Crippen LogP contribution in [-0.4, -0.2) is 34.9 Å². The van der Waals surface area contributed by atoms with Crippen molar-refractivity contribution in [1.82, 2.24) is 10.2 Å². The van der Waals surface area contributed by atoms with Crippen molar-refractivity contribution in [1.29, 1.82) is 0 Å². The largest absolute Gasteiger partial charge is 0.416 e. The number of carbonyl (C=O) groups is 1. The standard InChI is InChI=1S/C17H21ClN4O2S/c1-11(2)16-20-21-17(24-16)25-10-14(23)19-13-7-5-6-12(18)15(13)22-8-3-4-9-22/h5-7,11H,3-4,8-10H2,1-2H3,(H,19,23). The molecule has 0 atom stereocenters. The molecule has 1 aliphatic rings. The van der Waals surface area contributed by atoms with Gasteiger partial charge in [0.2, 0.25) is 11.8 Å². The molecule has 0 aliphatic carbocycles. The Morgan fingerprint density at radius 1 is 1.36 bits per heavy atom. The molecule has 1 amide bonds. The van der Waals surface area contributed by atoms with E-state index in [-0.39, 0.29) is 17.6 Å². The highest BCUT2D eigenvalue weighted by atomic mass is 35.5. The molecule has 1 N–H and O–H groups in total. The number of nitrogens with one attached hydrogen (secondary N) is 1. The topological polar surface area (TPSA) is 71.3 Å². The maximum absolute atomic E-state index is 12.3. The first kappa shape index (κ1) is 18.1. The molecule has 2 heterocycles. The van der Waals surface area contributed by atoms with Crippen molar-refractivity contribution in [2.75, 3.05) is 29.1 Å². The van der Waals surface area contributed by atoms with E-state index in [0.717, 1.165) is 37.3 Å². The predicted octanol–water partition coefficient (Wildman–Crippen LogP) is 4.18. The molecule has 0 radical (unpaired) electrons. The molecule has 6 nitrogen and oxygen atoms in total. The van der Waals surface area contributed by atoms with Crippen LogP contribution in [0.1, 0.15) is 38.5 Å². The van der Waals surface area contributed by atoms with Gasteiger partial charge in [0, 0.05) is 19.0 Å². The Hall–Kier alpha value is -1.73. The number of benzene rings is 1. The van der Waals surface area contributed by atoms with Crippen LogP contribution in [0.5, 0.6) is 0 Å². The van der Waals surface area contributed by atoms with Gasteiger partial charge in [-0.2, -0.15) is 0 Å². The van der Waals surface area contributed by atoms with Crippen LogP contribution in [0.4, 0.5) is 11.4 Å². The summed E-state index contributed by atoms with van der Waals surface area (Å²) in [5.74, 6) is 0.822. The lowest BCUT2D eigenvalue weighted by Gasteiger charge is -2.22. The molecule has 1 aliphatic heterocycles. The van der Waals surface area contributed by atoms with Crippen LogP contribution >= 0.6 is 23.4 Å². The van der Waals surface area contributed by atoms with Gasteiger partial charge in [-0.05, 0) is 25.0 Å². The molecule has 0 spiro atoms. The number of carbonyl (C=O) groups excluding carboxylic acids is 1. The first-order chi connectivity index (χ1) is 12.0. The van der Waals surface area contributed by atoms with Gasteiger partial charge in [0.25, 0.3) is 5.22 Å². The van der Waals surface area contributed by atoms with Gasteiger partial charge in [0.05, 0.1) is 22.2 Å². The van der Waals surface area contributed by atoms with E-state index in [1.807, 2.05) is 32.0 Å². The number of nitrogens with zero attached hydrogens (tertiary/aromatic N) is 3. The molecule has 2 aromatic rings. The zero-order valence-electron chi connectivity index (χ0n) is 14.3. The minimum absolute atomic E-state index is 0.128. The van der Waals surface area contributed by atoms with Gasteiger partial charge in [0.15, 0.2) is 0 Å². The minimum Gasteiger partial charge on any atom is -0.416 e. The van der Waals surface area contributed by atoms with Gasteiger partial charge in [-0.25, -0.2) is 0 Å². The summed E-state index contributed by atoms with van der Waals surface area (Å²) >= 11 is 7.60. The summed E-state index contributed by atoms with van der Waals surface area (Å²) in [6.07, 6.45) is 2.29. The van der Waals surface area contributed by atoms with Gasteiger partial charge < -0.3 is 14.6 Å². The number of halogens is 1. The van der Waals surface area contributed by atoms with Crippen LogP contribution in [-0.2, 0) is 4.79 Å². The number of thioether (sulfide) groups is 1. The third-order valence-corrected chi connectivity index (χ3v) is 5.05. The molecule has 1 aromatic heterocycles. The molecule has 1 aromatic carbocycles. The van der Waals surface area contributed by atoms with E-state index in [0.29, 0.717) is 16.1 Å². The molecule has 1 saturated heterocycles. The van der Waals surface area contributed by atoms with E-state index in [1.54, 1.807) is 0 Å². The van der Waals surface area contributed by atoms with Crippen molar-refractivity contribution in [3.63, 3.8) is 0 Å². The Kier molecular flexibility index (Phi) is 5.86. The molecule has 0 bridgehead atoms. The fourth-order valence-electron chi connectivity index (χ4n) is 2.70. The van der Waals surface area contributed by atoms with Crippen molar-refractivity contribution in [2.45, 2.75) is 37.8 Å². The quantitative estimate of drug-likeness (QED) is 0.758. The second-order valence-electron chi connectivity index (χ2n) is 6.23. The first-order valence-corrected chi connectivity index (χ1v) is 9.70. The average Bonchev–Trinajstić information content (AvgIpc) is 3.25. The number of amides is 1. The lowest BCUT2D eigenvalue weighted by atomic mass is 10.2. The maximum Gasteiger partial charge on any atom is 0.277 e. The molecule has 1 fully saturated rings. The summed E-state index contributed by atoms with van der Waals surface area (Å²) in [5.41, 5.74) is 1.65. The minimum atomic E-state index is -0.128. The molecular formula is C17H21ClN4O2S. The fourth-order valence-corrected chi connectivity index (χ4v) is 3.57. The lowest BCUT2D eigenvalue weighted by molar-refractivity contribution is -0.113. The lowest BCUT2D eigenvalue weighted by Crippen LogP contribution is -2.22. The number of rotatable bonds is 6. The molecule has 0 saturated carbocycles. The molecule has 3 rings (SSSR count). The monoisotopic (exact) mass is 380 g/mol. The fraction of sp³-hybridized carbons (Fsp3) is 0.471. The number of para-hydroxylation sites is 1. The SMILES string of the molecule is CC(C)c1nnc(SCC(=O)Nc2cccc(Cl)c2N2CCCC2)o1. The van der Waals surface area contributed by atoms with Crippen LogP contribution in [0, 0.1) is 0 Å². The normalized spacial score (nSPS) is 14.3. The molecular weight excluding hydrogens is 360 g/mol. The van der Waals surface area contributed by atoms with Gasteiger partial charge in [-0.15, -0.1) is 10.2 Å². The smallest absolute Gasteiger partial charge is 0.277 e. The highest BCUT2D eigenvalue weighted by molar-refractivity contribution is 7.99. The number of anilines is 2.